The average molecular weight is 567 g/mol. The van der Waals surface area contributed by atoms with Crippen LogP contribution in [0.5, 0.6) is 0 Å². The van der Waals surface area contributed by atoms with Crippen LogP contribution >= 0.6 is 0 Å². The Balaban J connectivity index is 1.43. The third-order valence-electron chi connectivity index (χ3n) is 6.39. The highest BCUT2D eigenvalue weighted by Gasteiger charge is 2.52. The number of ether oxygens (including phenoxy) is 5. The smallest absolute Gasteiger partial charge is 0.340 e. The second-order valence-corrected chi connectivity index (χ2v) is 9.25. The summed E-state index contributed by atoms with van der Waals surface area (Å²) in [5, 5.41) is 0. The van der Waals surface area contributed by atoms with Gasteiger partial charge in [-0.2, -0.15) is 0 Å². The zero-order valence-electron chi connectivity index (χ0n) is 22.2. The summed E-state index contributed by atoms with van der Waals surface area (Å²) in [6.07, 6.45) is -5.33. The van der Waals surface area contributed by atoms with Crippen LogP contribution in [-0.2, 0) is 23.7 Å². The minimum absolute atomic E-state index is 0.220. The Hall–Kier alpha value is -5.28. The van der Waals surface area contributed by atoms with Crippen molar-refractivity contribution in [2.45, 2.75) is 24.6 Å². The van der Waals surface area contributed by atoms with Crippen LogP contribution in [0.3, 0.4) is 0 Å². The SMILES string of the molecule is O=C(OC[C@H]1O[C@H](OC(=O)c2ccccc2)[C@@H](OC(=O)c2ccccc2)[C@H]1OC(=O)c1ccccc1)c1ccccc1. The van der Waals surface area contributed by atoms with Crippen LogP contribution in [0.2, 0.25) is 0 Å². The summed E-state index contributed by atoms with van der Waals surface area (Å²) in [5.74, 6) is -2.89. The van der Waals surface area contributed by atoms with E-state index in [2.05, 4.69) is 0 Å². The monoisotopic (exact) mass is 566 g/mol. The van der Waals surface area contributed by atoms with E-state index in [0.29, 0.717) is 5.56 Å². The predicted octanol–water partition coefficient (Wildman–Crippen LogP) is 4.88. The standard InChI is InChI=1S/C33H26O9/c34-29(22-13-5-1-6-14-22)38-21-26-27(40-30(35)23-15-7-2-8-16-23)28(41-31(36)24-17-9-3-10-18-24)33(39-26)42-32(37)25-19-11-4-12-20-25/h1-20,26-28,33H,21H2/t26-,27+,28+,33-/m1/s1. The predicted molar refractivity (Wildman–Crippen MR) is 149 cm³/mol. The lowest BCUT2D eigenvalue weighted by atomic mass is 10.1. The fourth-order valence-corrected chi connectivity index (χ4v) is 4.28. The number of carbonyl (C=O) groups excluding carboxylic acids is 4. The van der Waals surface area contributed by atoms with Crippen LogP contribution in [0.1, 0.15) is 41.4 Å². The van der Waals surface area contributed by atoms with Crippen molar-refractivity contribution in [3.05, 3.63) is 144 Å². The first-order valence-corrected chi connectivity index (χ1v) is 13.2. The maximum absolute atomic E-state index is 13.1. The fraction of sp³-hybridized carbons (Fsp3) is 0.152. The van der Waals surface area contributed by atoms with Gasteiger partial charge in [-0.1, -0.05) is 72.8 Å². The quantitative estimate of drug-likeness (QED) is 0.207. The molecule has 0 aliphatic carbocycles. The Bertz CT molecular complexity index is 1510. The molecule has 0 spiro atoms. The molecular formula is C33H26O9. The van der Waals surface area contributed by atoms with Crippen molar-refractivity contribution in [1.82, 2.24) is 0 Å². The number of esters is 4. The van der Waals surface area contributed by atoms with Crippen molar-refractivity contribution >= 4 is 23.9 Å². The molecule has 1 heterocycles. The van der Waals surface area contributed by atoms with Crippen LogP contribution in [0.25, 0.3) is 0 Å². The molecule has 0 unspecified atom stereocenters. The molecule has 0 amide bonds. The van der Waals surface area contributed by atoms with E-state index in [1.807, 2.05) is 0 Å². The first-order valence-electron chi connectivity index (χ1n) is 13.2. The van der Waals surface area contributed by atoms with Crippen LogP contribution in [0, 0.1) is 0 Å². The highest BCUT2D eigenvalue weighted by Crippen LogP contribution is 2.30. The summed E-state index contributed by atoms with van der Waals surface area (Å²) in [7, 11) is 0. The Morgan fingerprint density at radius 2 is 0.833 bits per heavy atom. The molecule has 0 bridgehead atoms. The molecule has 4 atom stereocenters. The molecular weight excluding hydrogens is 540 g/mol. The molecule has 0 aromatic heterocycles. The number of carbonyl (C=O) groups is 4. The molecule has 0 saturated carbocycles. The van der Waals surface area contributed by atoms with Gasteiger partial charge in [-0.25, -0.2) is 19.2 Å². The highest BCUT2D eigenvalue weighted by molar-refractivity contribution is 5.91. The largest absolute Gasteiger partial charge is 0.459 e. The summed E-state index contributed by atoms with van der Waals surface area (Å²) in [4.78, 5) is 51.9. The summed E-state index contributed by atoms with van der Waals surface area (Å²) in [5.41, 5.74) is 0.978. The van der Waals surface area contributed by atoms with Gasteiger partial charge < -0.3 is 23.7 Å². The molecule has 4 aromatic rings. The molecule has 0 radical (unpaired) electrons. The van der Waals surface area contributed by atoms with Crippen LogP contribution in [-0.4, -0.2) is 55.1 Å². The molecule has 1 aliphatic rings. The maximum atomic E-state index is 13.1. The van der Waals surface area contributed by atoms with Crippen LogP contribution in [0.4, 0.5) is 0 Å². The lowest BCUT2D eigenvalue weighted by molar-refractivity contribution is -0.141. The van der Waals surface area contributed by atoms with Crippen LogP contribution in [0.15, 0.2) is 121 Å². The summed E-state index contributed by atoms with van der Waals surface area (Å²) >= 11 is 0. The van der Waals surface area contributed by atoms with Crippen molar-refractivity contribution in [1.29, 1.82) is 0 Å². The van der Waals surface area contributed by atoms with Gasteiger partial charge in [-0.05, 0) is 48.5 Å². The van der Waals surface area contributed by atoms with E-state index in [9.17, 15) is 19.2 Å². The number of rotatable bonds is 9. The number of benzene rings is 4. The second-order valence-electron chi connectivity index (χ2n) is 9.25. The molecule has 0 N–H and O–H groups in total. The molecule has 9 nitrogen and oxygen atoms in total. The molecule has 9 heteroatoms. The third kappa shape index (κ3) is 6.89. The normalized spacial score (nSPS) is 19.3. The number of hydrogen-bond donors (Lipinski definition) is 0. The van der Waals surface area contributed by atoms with Gasteiger partial charge in [0.15, 0.2) is 6.10 Å². The van der Waals surface area contributed by atoms with Crippen molar-refractivity contribution in [2.75, 3.05) is 6.61 Å². The van der Waals surface area contributed by atoms with Crippen molar-refractivity contribution in [2.24, 2.45) is 0 Å². The van der Waals surface area contributed by atoms with Gasteiger partial charge >= 0.3 is 23.9 Å². The van der Waals surface area contributed by atoms with Gasteiger partial charge in [0.05, 0.1) is 22.3 Å². The molecule has 1 aliphatic heterocycles. The van der Waals surface area contributed by atoms with Gasteiger partial charge in [0.25, 0.3) is 0 Å². The Morgan fingerprint density at radius 3 is 1.26 bits per heavy atom. The second kappa shape index (κ2) is 13.4. The lowest BCUT2D eigenvalue weighted by Crippen LogP contribution is -2.42. The molecule has 1 saturated heterocycles. The zero-order chi connectivity index (χ0) is 29.3. The Kier molecular flexibility index (Phi) is 9.00. The minimum Gasteiger partial charge on any atom is -0.459 e. The van der Waals surface area contributed by atoms with E-state index < -0.39 is 48.5 Å². The number of hydrogen-bond acceptors (Lipinski definition) is 9. The van der Waals surface area contributed by atoms with E-state index in [1.165, 1.54) is 0 Å². The van der Waals surface area contributed by atoms with Gasteiger partial charge in [0, 0.05) is 0 Å². The molecule has 5 rings (SSSR count). The Labute approximate surface area is 241 Å². The Morgan fingerprint density at radius 1 is 0.476 bits per heavy atom. The summed E-state index contributed by atoms with van der Waals surface area (Å²) in [6.45, 7) is -0.390. The van der Waals surface area contributed by atoms with Gasteiger partial charge in [0.1, 0.15) is 12.7 Å². The van der Waals surface area contributed by atoms with E-state index in [-0.39, 0.29) is 23.3 Å². The van der Waals surface area contributed by atoms with E-state index in [1.54, 1.807) is 121 Å². The average Bonchev–Trinajstić information content (AvgIpc) is 3.35. The van der Waals surface area contributed by atoms with Crippen molar-refractivity contribution < 1.29 is 42.9 Å². The fourth-order valence-electron chi connectivity index (χ4n) is 4.28. The first-order chi connectivity index (χ1) is 20.5. The van der Waals surface area contributed by atoms with E-state index in [0.717, 1.165) is 0 Å². The molecule has 212 valence electrons. The molecule has 42 heavy (non-hydrogen) atoms. The topological polar surface area (TPSA) is 114 Å². The van der Waals surface area contributed by atoms with Crippen LogP contribution < -0.4 is 0 Å². The van der Waals surface area contributed by atoms with Crippen molar-refractivity contribution in [3.63, 3.8) is 0 Å². The lowest BCUT2D eigenvalue weighted by Gasteiger charge is -2.24. The highest BCUT2D eigenvalue weighted by atomic mass is 16.8. The minimum atomic E-state index is -1.49. The summed E-state index contributed by atoms with van der Waals surface area (Å²) < 4.78 is 28.6. The van der Waals surface area contributed by atoms with Crippen molar-refractivity contribution in [3.8, 4) is 0 Å². The van der Waals surface area contributed by atoms with Gasteiger partial charge in [-0.3, -0.25) is 0 Å². The first kappa shape index (κ1) is 28.3. The van der Waals surface area contributed by atoms with E-state index in [4.69, 9.17) is 23.7 Å². The molecule has 1 fully saturated rings. The molecule has 4 aromatic carbocycles. The summed E-state index contributed by atoms with van der Waals surface area (Å²) in [6, 6.07) is 32.8. The maximum Gasteiger partial charge on any atom is 0.340 e. The van der Waals surface area contributed by atoms with Gasteiger partial charge in [0.2, 0.25) is 12.4 Å². The third-order valence-corrected chi connectivity index (χ3v) is 6.39. The zero-order valence-corrected chi connectivity index (χ0v) is 22.2. The van der Waals surface area contributed by atoms with Gasteiger partial charge in [-0.15, -0.1) is 0 Å². The van der Waals surface area contributed by atoms with E-state index >= 15 is 0 Å².